The van der Waals surface area contributed by atoms with Crippen molar-refractivity contribution in [3.8, 4) is 0 Å². The molecule has 3 heteroatoms. The molecule has 2 rings (SSSR count). The summed E-state index contributed by atoms with van der Waals surface area (Å²) in [5.74, 6) is 1.08. The van der Waals surface area contributed by atoms with E-state index in [9.17, 15) is 4.79 Å². The van der Waals surface area contributed by atoms with Gasteiger partial charge in [-0.05, 0) is 30.9 Å². The Morgan fingerprint density at radius 1 is 1.47 bits per heavy atom. The zero-order valence-electron chi connectivity index (χ0n) is 10.2. The molecule has 0 aromatic carbocycles. The SMILES string of the molecule is CCC1CCCC(C(=O)c2ccc(Cl)cn2)C1. The highest BCUT2D eigenvalue weighted by atomic mass is 35.5. The minimum atomic E-state index is 0.169. The molecule has 1 heterocycles. The molecule has 1 aromatic rings. The predicted octanol–water partition coefficient (Wildman–Crippen LogP) is 4.13. The zero-order chi connectivity index (χ0) is 12.3. The fraction of sp³-hybridized carbons (Fsp3) is 0.571. The maximum absolute atomic E-state index is 12.3. The number of rotatable bonds is 3. The molecule has 1 saturated carbocycles. The van der Waals surface area contributed by atoms with Crippen molar-refractivity contribution in [1.82, 2.24) is 4.98 Å². The minimum Gasteiger partial charge on any atom is -0.292 e. The normalized spacial score (nSPS) is 24.6. The maximum atomic E-state index is 12.3. The van der Waals surface area contributed by atoms with Crippen LogP contribution >= 0.6 is 11.6 Å². The quantitative estimate of drug-likeness (QED) is 0.756. The molecular formula is C14H18ClNO. The van der Waals surface area contributed by atoms with E-state index < -0.39 is 0 Å². The predicted molar refractivity (Wildman–Crippen MR) is 69.3 cm³/mol. The molecule has 1 aliphatic carbocycles. The molecule has 0 bridgehead atoms. The number of carbonyl (C=O) groups excluding carboxylic acids is 1. The van der Waals surface area contributed by atoms with Crippen molar-refractivity contribution in [2.24, 2.45) is 11.8 Å². The Labute approximate surface area is 107 Å². The highest BCUT2D eigenvalue weighted by Gasteiger charge is 2.27. The lowest BCUT2D eigenvalue weighted by Crippen LogP contribution is -2.23. The van der Waals surface area contributed by atoms with Crippen LogP contribution in [0.15, 0.2) is 18.3 Å². The van der Waals surface area contributed by atoms with Crippen molar-refractivity contribution >= 4 is 17.4 Å². The Bertz CT molecular complexity index is 388. The summed E-state index contributed by atoms with van der Waals surface area (Å²) in [5, 5.41) is 0.580. The average Bonchev–Trinajstić information content (AvgIpc) is 2.39. The van der Waals surface area contributed by atoms with Crippen LogP contribution in [-0.2, 0) is 0 Å². The van der Waals surface area contributed by atoms with Gasteiger partial charge in [0.1, 0.15) is 5.69 Å². The lowest BCUT2D eigenvalue weighted by Gasteiger charge is -2.27. The molecule has 2 unspecified atom stereocenters. The van der Waals surface area contributed by atoms with Crippen molar-refractivity contribution < 1.29 is 4.79 Å². The summed E-state index contributed by atoms with van der Waals surface area (Å²) in [4.78, 5) is 16.4. The van der Waals surface area contributed by atoms with E-state index in [1.165, 1.54) is 19.3 Å². The topological polar surface area (TPSA) is 30.0 Å². The van der Waals surface area contributed by atoms with E-state index in [1.54, 1.807) is 18.3 Å². The highest BCUT2D eigenvalue weighted by Crippen LogP contribution is 2.32. The van der Waals surface area contributed by atoms with Crippen molar-refractivity contribution in [2.45, 2.75) is 39.0 Å². The molecule has 0 aliphatic heterocycles. The van der Waals surface area contributed by atoms with Gasteiger partial charge in [-0.2, -0.15) is 0 Å². The first-order valence-corrected chi connectivity index (χ1v) is 6.74. The summed E-state index contributed by atoms with van der Waals surface area (Å²) in [7, 11) is 0. The Morgan fingerprint density at radius 3 is 2.94 bits per heavy atom. The molecule has 2 atom stereocenters. The van der Waals surface area contributed by atoms with E-state index in [2.05, 4.69) is 11.9 Å². The number of carbonyl (C=O) groups is 1. The second-order valence-electron chi connectivity index (χ2n) is 4.86. The first-order chi connectivity index (χ1) is 8.20. The summed E-state index contributed by atoms with van der Waals surface area (Å²) in [6.45, 7) is 2.21. The van der Waals surface area contributed by atoms with E-state index in [0.717, 1.165) is 12.8 Å². The van der Waals surface area contributed by atoms with Gasteiger partial charge in [-0.15, -0.1) is 0 Å². The smallest absolute Gasteiger partial charge is 0.184 e. The summed E-state index contributed by atoms with van der Waals surface area (Å²) < 4.78 is 0. The number of halogens is 1. The van der Waals surface area contributed by atoms with E-state index in [1.807, 2.05) is 0 Å². The van der Waals surface area contributed by atoms with Gasteiger partial charge in [-0.25, -0.2) is 0 Å². The molecule has 0 amide bonds. The van der Waals surface area contributed by atoms with Gasteiger partial charge in [-0.3, -0.25) is 9.78 Å². The first kappa shape index (κ1) is 12.6. The second-order valence-corrected chi connectivity index (χ2v) is 5.30. The zero-order valence-corrected chi connectivity index (χ0v) is 10.9. The third-order valence-corrected chi connectivity index (χ3v) is 3.93. The summed E-state index contributed by atoms with van der Waals surface area (Å²) in [6.07, 6.45) is 7.21. The van der Waals surface area contributed by atoms with Crippen LogP contribution in [0.5, 0.6) is 0 Å². The molecule has 0 N–H and O–H groups in total. The number of hydrogen-bond donors (Lipinski definition) is 0. The molecule has 92 valence electrons. The molecule has 0 saturated heterocycles. The van der Waals surface area contributed by atoms with Gasteiger partial charge >= 0.3 is 0 Å². The molecule has 0 spiro atoms. The molecule has 17 heavy (non-hydrogen) atoms. The first-order valence-electron chi connectivity index (χ1n) is 6.36. The Kier molecular flexibility index (Phi) is 4.16. The van der Waals surface area contributed by atoms with E-state index >= 15 is 0 Å². The van der Waals surface area contributed by atoms with Gasteiger partial charge in [-0.1, -0.05) is 37.8 Å². The molecule has 1 aromatic heterocycles. The van der Waals surface area contributed by atoms with Crippen LogP contribution in [0.4, 0.5) is 0 Å². The van der Waals surface area contributed by atoms with Crippen LogP contribution in [0.25, 0.3) is 0 Å². The summed E-state index contributed by atoms with van der Waals surface area (Å²) >= 11 is 5.77. The van der Waals surface area contributed by atoms with Crippen LogP contribution in [0.1, 0.15) is 49.5 Å². The van der Waals surface area contributed by atoms with Crippen LogP contribution < -0.4 is 0 Å². The Hall–Kier alpha value is -0.890. The van der Waals surface area contributed by atoms with Crippen molar-refractivity contribution in [3.63, 3.8) is 0 Å². The minimum absolute atomic E-state index is 0.169. The van der Waals surface area contributed by atoms with Crippen molar-refractivity contribution in [1.29, 1.82) is 0 Å². The van der Waals surface area contributed by atoms with Gasteiger partial charge in [0.15, 0.2) is 5.78 Å². The number of ketones is 1. The standard InChI is InChI=1S/C14H18ClNO/c1-2-10-4-3-5-11(8-10)14(17)13-7-6-12(15)9-16-13/h6-7,9-11H,2-5,8H2,1H3. The third-order valence-electron chi connectivity index (χ3n) is 3.71. The number of pyridine rings is 1. The lowest BCUT2D eigenvalue weighted by molar-refractivity contribution is 0.0857. The van der Waals surface area contributed by atoms with E-state index in [-0.39, 0.29) is 11.7 Å². The molecule has 1 aliphatic rings. The summed E-state index contributed by atoms with van der Waals surface area (Å²) in [5.41, 5.74) is 0.566. The average molecular weight is 252 g/mol. The van der Waals surface area contributed by atoms with Gasteiger partial charge in [0.05, 0.1) is 5.02 Å². The van der Waals surface area contributed by atoms with E-state index in [4.69, 9.17) is 11.6 Å². The van der Waals surface area contributed by atoms with Crippen molar-refractivity contribution in [3.05, 3.63) is 29.0 Å². The Morgan fingerprint density at radius 2 is 2.29 bits per heavy atom. The number of aromatic nitrogens is 1. The van der Waals surface area contributed by atoms with Gasteiger partial charge < -0.3 is 0 Å². The molecular weight excluding hydrogens is 234 g/mol. The summed E-state index contributed by atoms with van der Waals surface area (Å²) in [6, 6.07) is 3.47. The van der Waals surface area contributed by atoms with E-state index in [0.29, 0.717) is 16.6 Å². The lowest BCUT2D eigenvalue weighted by atomic mass is 9.77. The maximum Gasteiger partial charge on any atom is 0.184 e. The van der Waals surface area contributed by atoms with Crippen LogP contribution in [0.2, 0.25) is 5.02 Å². The third kappa shape index (κ3) is 3.06. The number of Topliss-reactive ketones (excluding diaryl/α,β-unsaturated/α-hetero) is 1. The monoisotopic (exact) mass is 251 g/mol. The number of nitrogens with zero attached hydrogens (tertiary/aromatic N) is 1. The van der Waals surface area contributed by atoms with Crippen LogP contribution in [0, 0.1) is 11.8 Å². The molecule has 1 fully saturated rings. The van der Waals surface area contributed by atoms with Crippen molar-refractivity contribution in [2.75, 3.05) is 0 Å². The highest BCUT2D eigenvalue weighted by molar-refractivity contribution is 6.30. The fourth-order valence-corrected chi connectivity index (χ4v) is 2.74. The Balaban J connectivity index is 2.06. The van der Waals surface area contributed by atoms with Gasteiger partial charge in [0.25, 0.3) is 0 Å². The van der Waals surface area contributed by atoms with Crippen LogP contribution in [0.3, 0.4) is 0 Å². The van der Waals surface area contributed by atoms with Crippen LogP contribution in [-0.4, -0.2) is 10.8 Å². The fourth-order valence-electron chi connectivity index (χ4n) is 2.63. The second kappa shape index (κ2) is 5.63. The molecule has 0 radical (unpaired) electrons. The number of hydrogen-bond acceptors (Lipinski definition) is 2. The van der Waals surface area contributed by atoms with Gasteiger partial charge in [0.2, 0.25) is 0 Å². The molecule has 2 nitrogen and oxygen atoms in total. The van der Waals surface area contributed by atoms with Gasteiger partial charge in [0, 0.05) is 12.1 Å². The largest absolute Gasteiger partial charge is 0.292 e.